The van der Waals surface area contributed by atoms with Gasteiger partial charge in [-0.15, -0.1) is 11.3 Å². The van der Waals surface area contributed by atoms with Crippen LogP contribution in [0, 0.1) is 10.1 Å². The van der Waals surface area contributed by atoms with Gasteiger partial charge in [-0.2, -0.15) is 4.31 Å². The molecular formula is C16H18ClN3O4S2. The molecule has 3 rings (SSSR count). The van der Waals surface area contributed by atoms with Gasteiger partial charge in [-0.3, -0.25) is 15.0 Å². The first-order valence-electron chi connectivity index (χ1n) is 8.03. The molecule has 1 atom stereocenters. The molecule has 0 spiro atoms. The maximum Gasteiger partial charge on any atom is 0.269 e. The Balaban J connectivity index is 1.68. The lowest BCUT2D eigenvalue weighted by Gasteiger charge is -2.37. The van der Waals surface area contributed by atoms with Crippen molar-refractivity contribution in [2.75, 3.05) is 26.2 Å². The first kappa shape index (κ1) is 19.2. The zero-order chi connectivity index (χ0) is 18.9. The van der Waals surface area contributed by atoms with Gasteiger partial charge in [-0.1, -0.05) is 23.7 Å². The van der Waals surface area contributed by atoms with Gasteiger partial charge in [-0.25, -0.2) is 8.42 Å². The number of rotatable bonds is 5. The molecular weight excluding hydrogens is 398 g/mol. The molecule has 10 heteroatoms. The number of halogens is 1. The van der Waals surface area contributed by atoms with Gasteiger partial charge in [0, 0.05) is 44.4 Å². The number of sulfonamides is 1. The third kappa shape index (κ3) is 3.91. The predicted octanol–water partition coefficient (Wildman–Crippen LogP) is 3.38. The minimum absolute atomic E-state index is 0.0315. The number of thiophene rings is 1. The van der Waals surface area contributed by atoms with E-state index in [0.717, 1.165) is 16.9 Å². The van der Waals surface area contributed by atoms with Crippen LogP contribution in [0.4, 0.5) is 5.69 Å². The summed E-state index contributed by atoms with van der Waals surface area (Å²) in [7, 11) is -3.52. The second-order valence-corrected chi connectivity index (χ2v) is 9.91. The van der Waals surface area contributed by atoms with Crippen LogP contribution in [0.2, 0.25) is 4.34 Å². The summed E-state index contributed by atoms with van der Waals surface area (Å²) in [5.74, 6) is 0. The van der Waals surface area contributed by atoms with Crippen molar-refractivity contribution in [3.8, 4) is 0 Å². The van der Waals surface area contributed by atoms with Crippen LogP contribution in [0.3, 0.4) is 0 Å². The van der Waals surface area contributed by atoms with Crippen molar-refractivity contribution in [2.24, 2.45) is 0 Å². The van der Waals surface area contributed by atoms with Crippen LogP contribution < -0.4 is 0 Å². The molecule has 1 aromatic heterocycles. The molecule has 140 valence electrons. The molecule has 7 nitrogen and oxygen atoms in total. The third-order valence-electron chi connectivity index (χ3n) is 4.53. The standard InChI is InChI=1S/C16H18ClN3O4S2/c1-12(13-3-2-4-14(11-13)20(21)22)18-7-9-19(10-8-18)26(23,24)16-6-5-15(17)25-16/h2-6,11-12H,7-10H2,1H3/t12-/m1/s1. The molecule has 1 fully saturated rings. The van der Waals surface area contributed by atoms with Gasteiger partial charge in [0.15, 0.2) is 0 Å². The molecule has 1 aliphatic heterocycles. The Kier molecular flexibility index (Phi) is 5.64. The Bertz CT molecular complexity index is 908. The Morgan fingerprint density at radius 2 is 1.88 bits per heavy atom. The van der Waals surface area contributed by atoms with Crippen molar-refractivity contribution in [2.45, 2.75) is 17.2 Å². The molecule has 2 heterocycles. The van der Waals surface area contributed by atoms with Crippen LogP contribution in [0.25, 0.3) is 0 Å². The summed E-state index contributed by atoms with van der Waals surface area (Å²) < 4.78 is 27.5. The third-order valence-corrected chi connectivity index (χ3v) is 8.12. The Morgan fingerprint density at radius 3 is 2.46 bits per heavy atom. The number of hydrogen-bond acceptors (Lipinski definition) is 6. The number of nitro benzene ring substituents is 1. The molecule has 1 saturated heterocycles. The van der Waals surface area contributed by atoms with E-state index in [4.69, 9.17) is 11.6 Å². The highest BCUT2D eigenvalue weighted by molar-refractivity contribution is 7.91. The highest BCUT2D eigenvalue weighted by Crippen LogP contribution is 2.30. The average Bonchev–Trinajstić information content (AvgIpc) is 3.08. The topological polar surface area (TPSA) is 83.8 Å². The fourth-order valence-corrected chi connectivity index (χ4v) is 6.06. The number of nitro groups is 1. The Labute approximate surface area is 161 Å². The van der Waals surface area contributed by atoms with Crippen LogP contribution in [0.15, 0.2) is 40.6 Å². The summed E-state index contributed by atoms with van der Waals surface area (Å²) in [6.45, 7) is 3.83. The minimum atomic E-state index is -3.52. The lowest BCUT2D eigenvalue weighted by molar-refractivity contribution is -0.385. The predicted molar refractivity (Wildman–Crippen MR) is 101 cm³/mol. The Hall–Kier alpha value is -1.52. The summed E-state index contributed by atoms with van der Waals surface area (Å²) in [4.78, 5) is 12.7. The second kappa shape index (κ2) is 7.61. The molecule has 1 aromatic carbocycles. The average molecular weight is 416 g/mol. The van der Waals surface area contributed by atoms with Gasteiger partial charge in [0.05, 0.1) is 9.26 Å². The van der Waals surface area contributed by atoms with Crippen LogP contribution >= 0.6 is 22.9 Å². The molecule has 0 bridgehead atoms. The quantitative estimate of drug-likeness (QED) is 0.552. The molecule has 0 amide bonds. The number of nitrogens with zero attached hydrogens (tertiary/aromatic N) is 3. The first-order valence-corrected chi connectivity index (χ1v) is 10.7. The normalized spacial score (nSPS) is 17.9. The van der Waals surface area contributed by atoms with Crippen LogP contribution in [0.5, 0.6) is 0 Å². The smallest absolute Gasteiger partial charge is 0.269 e. The number of non-ortho nitro benzene ring substituents is 1. The molecule has 0 aliphatic carbocycles. The van der Waals surface area contributed by atoms with Crippen molar-refractivity contribution in [3.63, 3.8) is 0 Å². The maximum atomic E-state index is 12.7. The largest absolute Gasteiger partial charge is 0.294 e. The lowest BCUT2D eigenvalue weighted by atomic mass is 10.1. The van der Waals surface area contributed by atoms with E-state index in [1.165, 1.54) is 16.4 Å². The van der Waals surface area contributed by atoms with Gasteiger partial charge < -0.3 is 0 Å². The van der Waals surface area contributed by atoms with E-state index in [-0.39, 0.29) is 15.9 Å². The Morgan fingerprint density at radius 1 is 1.19 bits per heavy atom. The molecule has 2 aromatic rings. The van der Waals surface area contributed by atoms with Gasteiger partial charge >= 0.3 is 0 Å². The monoisotopic (exact) mass is 415 g/mol. The van der Waals surface area contributed by atoms with Crippen molar-refractivity contribution < 1.29 is 13.3 Å². The lowest BCUT2D eigenvalue weighted by Crippen LogP contribution is -2.49. The van der Waals surface area contributed by atoms with Crippen molar-refractivity contribution in [1.82, 2.24) is 9.21 Å². The van der Waals surface area contributed by atoms with Gasteiger partial charge in [0.25, 0.3) is 15.7 Å². The molecule has 0 saturated carbocycles. The van der Waals surface area contributed by atoms with E-state index in [1.54, 1.807) is 18.2 Å². The first-order chi connectivity index (χ1) is 12.3. The van der Waals surface area contributed by atoms with E-state index in [1.807, 2.05) is 13.0 Å². The van der Waals surface area contributed by atoms with Crippen molar-refractivity contribution in [1.29, 1.82) is 0 Å². The number of piperazine rings is 1. The summed E-state index contributed by atoms with van der Waals surface area (Å²) in [6, 6.07) is 9.64. The van der Waals surface area contributed by atoms with Crippen molar-refractivity contribution in [3.05, 3.63) is 56.4 Å². The van der Waals surface area contributed by atoms with Crippen LogP contribution in [-0.2, 0) is 10.0 Å². The van der Waals surface area contributed by atoms with Crippen LogP contribution in [0.1, 0.15) is 18.5 Å². The minimum Gasteiger partial charge on any atom is -0.294 e. The van der Waals surface area contributed by atoms with Crippen LogP contribution in [-0.4, -0.2) is 48.7 Å². The molecule has 26 heavy (non-hydrogen) atoms. The highest BCUT2D eigenvalue weighted by atomic mass is 35.5. The second-order valence-electron chi connectivity index (χ2n) is 6.03. The number of hydrogen-bond donors (Lipinski definition) is 0. The summed E-state index contributed by atoms with van der Waals surface area (Å²) in [5, 5.41) is 11.0. The van der Waals surface area contributed by atoms with Gasteiger partial charge in [0.2, 0.25) is 0 Å². The fourth-order valence-electron chi connectivity index (χ4n) is 3.00. The zero-order valence-corrected chi connectivity index (χ0v) is 16.4. The zero-order valence-electron chi connectivity index (χ0n) is 14.0. The van der Waals surface area contributed by atoms with Crippen molar-refractivity contribution >= 4 is 38.6 Å². The van der Waals surface area contributed by atoms with E-state index in [2.05, 4.69) is 4.90 Å². The number of benzene rings is 1. The molecule has 0 radical (unpaired) electrons. The summed E-state index contributed by atoms with van der Waals surface area (Å²) in [6.07, 6.45) is 0. The molecule has 0 unspecified atom stereocenters. The molecule has 0 N–H and O–H groups in total. The van der Waals surface area contributed by atoms with E-state index in [0.29, 0.717) is 30.5 Å². The van der Waals surface area contributed by atoms with E-state index in [9.17, 15) is 18.5 Å². The molecule has 1 aliphatic rings. The van der Waals surface area contributed by atoms with E-state index < -0.39 is 14.9 Å². The van der Waals surface area contributed by atoms with E-state index >= 15 is 0 Å². The summed E-state index contributed by atoms with van der Waals surface area (Å²) in [5.41, 5.74) is 0.908. The SMILES string of the molecule is C[C@H](c1cccc([N+](=O)[O-])c1)N1CCN(S(=O)(=O)c2ccc(Cl)s2)CC1. The fraction of sp³-hybridized carbons (Fsp3) is 0.375. The van der Waals surface area contributed by atoms with Gasteiger partial charge in [0.1, 0.15) is 4.21 Å². The maximum absolute atomic E-state index is 12.7. The van der Waals surface area contributed by atoms with Gasteiger partial charge in [-0.05, 0) is 24.6 Å². The summed E-state index contributed by atoms with van der Waals surface area (Å²) >= 11 is 6.91. The highest BCUT2D eigenvalue weighted by Gasteiger charge is 2.31.